The van der Waals surface area contributed by atoms with Crippen LogP contribution in [0.4, 0.5) is 0 Å². The lowest BCUT2D eigenvalue weighted by Gasteiger charge is -2.36. The van der Waals surface area contributed by atoms with E-state index in [-0.39, 0.29) is 0 Å². The number of aryl methyl sites for hydroxylation is 1. The summed E-state index contributed by atoms with van der Waals surface area (Å²) in [7, 11) is 2.09. The van der Waals surface area contributed by atoms with E-state index in [9.17, 15) is 0 Å². The van der Waals surface area contributed by atoms with E-state index in [1.54, 1.807) is 5.56 Å². The maximum absolute atomic E-state index is 3.39. The monoisotopic (exact) mass is 251 g/mol. The molecule has 17 heavy (non-hydrogen) atoms. The van der Waals surface area contributed by atoms with Crippen molar-refractivity contribution in [2.75, 3.05) is 13.6 Å². The molecule has 96 valence electrons. The molecule has 0 amide bonds. The third-order valence-corrected chi connectivity index (χ3v) is 5.31. The number of hydrogen-bond donors (Lipinski definition) is 1. The second-order valence-corrected chi connectivity index (χ2v) is 6.56. The average Bonchev–Trinajstić information content (AvgIpc) is 2.76. The molecule has 1 aliphatic rings. The minimum Gasteiger partial charge on any atom is -0.319 e. The van der Waals surface area contributed by atoms with E-state index >= 15 is 0 Å². The Morgan fingerprint density at radius 2 is 2.24 bits per heavy atom. The van der Waals surface area contributed by atoms with Crippen molar-refractivity contribution in [3.05, 3.63) is 21.9 Å². The molecular formula is C15H25NS. The van der Waals surface area contributed by atoms with Crippen LogP contribution in [0.15, 0.2) is 11.4 Å². The highest BCUT2D eigenvalue weighted by molar-refractivity contribution is 7.10. The Labute approximate surface area is 110 Å². The van der Waals surface area contributed by atoms with E-state index in [1.165, 1.54) is 37.1 Å². The predicted octanol–water partition coefficient (Wildman–Crippen LogP) is 4.19. The van der Waals surface area contributed by atoms with Crippen LogP contribution in [0.2, 0.25) is 0 Å². The van der Waals surface area contributed by atoms with Gasteiger partial charge in [0.2, 0.25) is 0 Å². The van der Waals surface area contributed by atoms with Crippen LogP contribution in [0, 0.1) is 18.8 Å². The van der Waals surface area contributed by atoms with Gasteiger partial charge < -0.3 is 5.32 Å². The Hall–Kier alpha value is -0.340. The Kier molecular flexibility index (Phi) is 4.63. The molecule has 1 N–H and O–H groups in total. The first-order chi connectivity index (χ1) is 8.26. The quantitative estimate of drug-likeness (QED) is 0.846. The van der Waals surface area contributed by atoms with E-state index in [2.05, 4.69) is 37.7 Å². The van der Waals surface area contributed by atoms with Crippen LogP contribution in [-0.2, 0) is 0 Å². The van der Waals surface area contributed by atoms with E-state index < -0.39 is 0 Å². The summed E-state index contributed by atoms with van der Waals surface area (Å²) in [6.07, 6.45) is 5.59. The molecule has 1 nitrogen and oxygen atoms in total. The summed E-state index contributed by atoms with van der Waals surface area (Å²) in [6.45, 7) is 5.81. The van der Waals surface area contributed by atoms with E-state index in [1.807, 2.05) is 11.3 Å². The summed E-state index contributed by atoms with van der Waals surface area (Å²) in [6, 6.07) is 2.37. The third-order valence-electron chi connectivity index (χ3n) is 4.44. The Balaban J connectivity index is 2.16. The van der Waals surface area contributed by atoms with Crippen molar-refractivity contribution in [3.8, 4) is 0 Å². The number of thiophene rings is 1. The van der Waals surface area contributed by atoms with Gasteiger partial charge in [-0.25, -0.2) is 0 Å². The maximum Gasteiger partial charge on any atom is 0.00491 e. The lowest BCUT2D eigenvalue weighted by molar-refractivity contribution is 0.228. The van der Waals surface area contributed by atoms with Crippen molar-refractivity contribution in [2.45, 2.75) is 45.4 Å². The maximum atomic E-state index is 3.39. The molecule has 1 aromatic rings. The smallest absolute Gasteiger partial charge is 0.00491 e. The zero-order valence-corrected chi connectivity index (χ0v) is 12.1. The molecule has 0 bridgehead atoms. The second kappa shape index (κ2) is 6.01. The number of rotatable bonds is 4. The normalized spacial score (nSPS) is 29.5. The van der Waals surface area contributed by atoms with Gasteiger partial charge in [0.25, 0.3) is 0 Å². The van der Waals surface area contributed by atoms with Gasteiger partial charge in [0.1, 0.15) is 0 Å². The molecule has 3 unspecified atom stereocenters. The van der Waals surface area contributed by atoms with Gasteiger partial charge in [-0.05, 0) is 68.1 Å². The fourth-order valence-electron chi connectivity index (χ4n) is 3.36. The molecule has 1 aromatic heterocycles. The molecule has 1 saturated carbocycles. The molecule has 2 heteroatoms. The summed E-state index contributed by atoms with van der Waals surface area (Å²) in [5.41, 5.74) is 1.63. The lowest BCUT2D eigenvalue weighted by Crippen LogP contribution is -2.30. The van der Waals surface area contributed by atoms with Crippen molar-refractivity contribution in [1.82, 2.24) is 5.32 Å². The van der Waals surface area contributed by atoms with Gasteiger partial charge >= 0.3 is 0 Å². The van der Waals surface area contributed by atoms with E-state index in [0.717, 1.165) is 17.8 Å². The standard InChI is InChI=1S/C15H25NS/c1-4-12-5-6-13(10-16-3)15(9-12)14-7-8-17-11(14)2/h7-8,12-13,15-16H,4-6,9-10H2,1-3H3. The molecule has 3 atom stereocenters. The molecule has 2 rings (SSSR count). The highest BCUT2D eigenvalue weighted by atomic mass is 32.1. The number of hydrogen-bond acceptors (Lipinski definition) is 2. The minimum atomic E-state index is 0.799. The highest BCUT2D eigenvalue weighted by Gasteiger charge is 2.31. The SMILES string of the molecule is CCC1CCC(CNC)C(c2ccsc2C)C1. The third kappa shape index (κ3) is 2.92. The molecule has 1 heterocycles. The van der Waals surface area contributed by atoms with Crippen molar-refractivity contribution < 1.29 is 0 Å². The van der Waals surface area contributed by atoms with Crippen LogP contribution in [0.5, 0.6) is 0 Å². The summed E-state index contributed by atoms with van der Waals surface area (Å²) in [5.74, 6) is 2.59. The summed E-state index contributed by atoms with van der Waals surface area (Å²) >= 11 is 1.91. The van der Waals surface area contributed by atoms with Crippen LogP contribution in [0.1, 0.15) is 49.0 Å². The van der Waals surface area contributed by atoms with Crippen LogP contribution < -0.4 is 5.32 Å². The van der Waals surface area contributed by atoms with Crippen LogP contribution in [-0.4, -0.2) is 13.6 Å². The molecule has 0 aliphatic heterocycles. The van der Waals surface area contributed by atoms with Crippen molar-refractivity contribution in [2.24, 2.45) is 11.8 Å². The van der Waals surface area contributed by atoms with Crippen LogP contribution in [0.3, 0.4) is 0 Å². The molecule has 0 aromatic carbocycles. The number of nitrogens with one attached hydrogen (secondary N) is 1. The van der Waals surface area contributed by atoms with Gasteiger partial charge in [0.05, 0.1) is 0 Å². The Morgan fingerprint density at radius 1 is 1.41 bits per heavy atom. The largest absolute Gasteiger partial charge is 0.319 e. The van der Waals surface area contributed by atoms with Crippen LogP contribution in [0.25, 0.3) is 0 Å². The Bertz CT molecular complexity index is 344. The Morgan fingerprint density at radius 3 is 2.82 bits per heavy atom. The summed E-state index contributed by atoms with van der Waals surface area (Å²) in [4.78, 5) is 1.54. The first-order valence-electron chi connectivity index (χ1n) is 6.94. The van der Waals surface area contributed by atoms with E-state index in [4.69, 9.17) is 0 Å². The lowest BCUT2D eigenvalue weighted by atomic mass is 9.70. The highest BCUT2D eigenvalue weighted by Crippen LogP contribution is 2.43. The zero-order chi connectivity index (χ0) is 12.3. The van der Waals surface area contributed by atoms with Crippen LogP contribution >= 0.6 is 11.3 Å². The molecule has 0 saturated heterocycles. The summed E-state index contributed by atoms with van der Waals surface area (Å²) < 4.78 is 0. The van der Waals surface area contributed by atoms with Crippen molar-refractivity contribution in [1.29, 1.82) is 0 Å². The summed E-state index contributed by atoms with van der Waals surface area (Å²) in [5, 5.41) is 5.65. The average molecular weight is 251 g/mol. The van der Waals surface area contributed by atoms with Gasteiger partial charge in [0.15, 0.2) is 0 Å². The molecule has 0 radical (unpaired) electrons. The topological polar surface area (TPSA) is 12.0 Å². The van der Waals surface area contributed by atoms with Gasteiger partial charge in [-0.1, -0.05) is 19.8 Å². The fraction of sp³-hybridized carbons (Fsp3) is 0.733. The fourth-order valence-corrected chi connectivity index (χ4v) is 4.13. The molecule has 1 fully saturated rings. The first-order valence-corrected chi connectivity index (χ1v) is 7.82. The molecular weight excluding hydrogens is 226 g/mol. The van der Waals surface area contributed by atoms with Gasteiger partial charge in [-0.3, -0.25) is 0 Å². The predicted molar refractivity (Wildman–Crippen MR) is 76.8 cm³/mol. The zero-order valence-electron chi connectivity index (χ0n) is 11.3. The minimum absolute atomic E-state index is 0.799. The first kappa shape index (κ1) is 13.1. The van der Waals surface area contributed by atoms with Crippen molar-refractivity contribution in [3.63, 3.8) is 0 Å². The molecule has 1 aliphatic carbocycles. The van der Waals surface area contributed by atoms with Gasteiger partial charge in [-0.2, -0.15) is 0 Å². The van der Waals surface area contributed by atoms with Crippen molar-refractivity contribution >= 4 is 11.3 Å². The van der Waals surface area contributed by atoms with Gasteiger partial charge in [0, 0.05) is 4.88 Å². The molecule has 0 spiro atoms. The van der Waals surface area contributed by atoms with E-state index in [0.29, 0.717) is 0 Å². The second-order valence-electron chi connectivity index (χ2n) is 5.44. The van der Waals surface area contributed by atoms with Gasteiger partial charge in [-0.15, -0.1) is 11.3 Å².